The van der Waals surface area contributed by atoms with Gasteiger partial charge in [-0.25, -0.2) is 0 Å². The van der Waals surface area contributed by atoms with Gasteiger partial charge in [0.1, 0.15) is 0 Å². The topological polar surface area (TPSA) is 32.7 Å². The number of nitrogens with zero attached hydrogens (tertiary/aromatic N) is 1. The van der Waals surface area contributed by atoms with E-state index in [1.54, 1.807) is 0 Å². The summed E-state index contributed by atoms with van der Waals surface area (Å²) < 4.78 is 5.39. The Hall–Kier alpha value is -1.06. The normalized spacial score (nSPS) is 19.0. The van der Waals surface area contributed by atoms with Gasteiger partial charge >= 0.3 is 0 Å². The molecule has 0 spiro atoms. The van der Waals surface area contributed by atoms with Crippen LogP contribution < -0.4 is 4.90 Å². The van der Waals surface area contributed by atoms with E-state index in [9.17, 15) is 5.11 Å². The lowest BCUT2D eigenvalue weighted by molar-refractivity contribution is 0.0853. The second-order valence-corrected chi connectivity index (χ2v) is 4.69. The molecule has 0 bridgehead atoms. The van der Waals surface area contributed by atoms with Crippen LogP contribution >= 0.6 is 0 Å². The van der Waals surface area contributed by atoms with E-state index >= 15 is 0 Å². The van der Waals surface area contributed by atoms with Gasteiger partial charge in [0.25, 0.3) is 0 Å². The molecule has 1 aliphatic rings. The van der Waals surface area contributed by atoms with E-state index in [0.717, 1.165) is 37.3 Å². The molecule has 0 saturated carbocycles. The summed E-state index contributed by atoms with van der Waals surface area (Å²) in [5.74, 6) is 0. The van der Waals surface area contributed by atoms with Crippen molar-refractivity contribution in [1.29, 1.82) is 0 Å². The first-order chi connectivity index (χ1) is 8.20. The zero-order chi connectivity index (χ0) is 12.3. The largest absolute Gasteiger partial charge is 0.389 e. The summed E-state index contributed by atoms with van der Waals surface area (Å²) in [6, 6.07) is 8.59. The fourth-order valence-corrected chi connectivity index (χ4v) is 2.43. The Morgan fingerprint density at radius 2 is 1.94 bits per heavy atom. The molecule has 94 valence electrons. The van der Waals surface area contributed by atoms with Crippen LogP contribution in [0, 0.1) is 0 Å². The van der Waals surface area contributed by atoms with Gasteiger partial charge in [0, 0.05) is 37.6 Å². The summed E-state index contributed by atoms with van der Waals surface area (Å²) in [6.45, 7) is 3.49. The first-order valence-corrected chi connectivity index (χ1v) is 6.27. The lowest BCUT2D eigenvalue weighted by Gasteiger charge is -2.34. The van der Waals surface area contributed by atoms with Crippen LogP contribution in [0.25, 0.3) is 0 Å². The molecular weight excluding hydrogens is 214 g/mol. The molecule has 1 heterocycles. The highest BCUT2D eigenvalue weighted by Gasteiger charge is 2.21. The summed E-state index contributed by atoms with van der Waals surface area (Å²) in [7, 11) is 2.11. The van der Waals surface area contributed by atoms with Gasteiger partial charge < -0.3 is 14.7 Å². The van der Waals surface area contributed by atoms with Crippen molar-refractivity contribution in [3.05, 3.63) is 29.8 Å². The summed E-state index contributed by atoms with van der Waals surface area (Å²) in [5, 5.41) is 9.80. The van der Waals surface area contributed by atoms with Crippen LogP contribution in [-0.4, -0.2) is 31.4 Å². The first kappa shape index (κ1) is 12.4. The van der Waals surface area contributed by atoms with Crippen LogP contribution in [0.1, 0.15) is 31.4 Å². The predicted octanol–water partition coefficient (Wildman–Crippen LogP) is 2.36. The Morgan fingerprint density at radius 1 is 1.29 bits per heavy atom. The van der Waals surface area contributed by atoms with E-state index < -0.39 is 6.10 Å². The molecule has 2 rings (SSSR count). The molecular formula is C14H21NO2. The third kappa shape index (κ3) is 2.79. The van der Waals surface area contributed by atoms with Gasteiger partial charge in [-0.3, -0.25) is 0 Å². The Labute approximate surface area is 103 Å². The molecule has 3 heteroatoms. The lowest BCUT2D eigenvalue weighted by Crippen LogP contribution is -2.37. The number of aliphatic hydroxyl groups is 1. The maximum absolute atomic E-state index is 9.80. The van der Waals surface area contributed by atoms with Crippen molar-refractivity contribution in [2.45, 2.75) is 31.9 Å². The lowest BCUT2D eigenvalue weighted by atomic mass is 10.0. The molecule has 17 heavy (non-hydrogen) atoms. The van der Waals surface area contributed by atoms with Crippen molar-refractivity contribution in [3.8, 4) is 0 Å². The second kappa shape index (κ2) is 5.52. The van der Waals surface area contributed by atoms with Gasteiger partial charge in [-0.1, -0.05) is 18.2 Å². The standard InChI is InChI=1S/C14H21NO2/c1-11(16)13-5-3-4-6-14(13)15(2)12-7-9-17-10-8-12/h3-6,11-12,16H,7-10H2,1-2H3/t11-/m1/s1. The molecule has 1 saturated heterocycles. The van der Waals surface area contributed by atoms with Gasteiger partial charge in [-0.15, -0.1) is 0 Å². The zero-order valence-electron chi connectivity index (χ0n) is 10.6. The van der Waals surface area contributed by atoms with Crippen LogP contribution in [-0.2, 0) is 4.74 Å². The molecule has 0 aliphatic carbocycles. The van der Waals surface area contributed by atoms with E-state index in [2.05, 4.69) is 18.0 Å². The van der Waals surface area contributed by atoms with Crippen molar-refractivity contribution < 1.29 is 9.84 Å². The van der Waals surface area contributed by atoms with E-state index in [-0.39, 0.29) is 0 Å². The highest BCUT2D eigenvalue weighted by atomic mass is 16.5. The van der Waals surface area contributed by atoms with E-state index in [0.29, 0.717) is 6.04 Å². The van der Waals surface area contributed by atoms with Crippen LogP contribution in [0.2, 0.25) is 0 Å². The maximum atomic E-state index is 9.80. The monoisotopic (exact) mass is 235 g/mol. The summed E-state index contributed by atoms with van der Waals surface area (Å²) in [6.07, 6.45) is 1.70. The molecule has 3 nitrogen and oxygen atoms in total. The molecule has 1 aliphatic heterocycles. The highest BCUT2D eigenvalue weighted by molar-refractivity contribution is 5.54. The molecule has 0 unspecified atom stereocenters. The second-order valence-electron chi connectivity index (χ2n) is 4.69. The van der Waals surface area contributed by atoms with Gasteiger partial charge in [0.2, 0.25) is 0 Å². The van der Waals surface area contributed by atoms with Gasteiger partial charge in [0.15, 0.2) is 0 Å². The van der Waals surface area contributed by atoms with E-state index in [1.807, 2.05) is 25.1 Å². The molecule has 0 amide bonds. The van der Waals surface area contributed by atoms with Crippen LogP contribution in [0.15, 0.2) is 24.3 Å². The fraction of sp³-hybridized carbons (Fsp3) is 0.571. The average Bonchev–Trinajstić information content (AvgIpc) is 2.39. The number of benzene rings is 1. The highest BCUT2D eigenvalue weighted by Crippen LogP contribution is 2.28. The van der Waals surface area contributed by atoms with E-state index in [4.69, 9.17) is 4.74 Å². The first-order valence-electron chi connectivity index (χ1n) is 6.27. The fourth-order valence-electron chi connectivity index (χ4n) is 2.43. The van der Waals surface area contributed by atoms with Crippen molar-refractivity contribution in [3.63, 3.8) is 0 Å². The van der Waals surface area contributed by atoms with E-state index in [1.165, 1.54) is 0 Å². The predicted molar refractivity (Wildman–Crippen MR) is 69.3 cm³/mol. The van der Waals surface area contributed by atoms with Gasteiger partial charge in [-0.2, -0.15) is 0 Å². The van der Waals surface area contributed by atoms with Gasteiger partial charge in [-0.05, 0) is 25.8 Å². The number of para-hydroxylation sites is 1. The molecule has 0 radical (unpaired) electrons. The van der Waals surface area contributed by atoms with Crippen molar-refractivity contribution in [1.82, 2.24) is 0 Å². The van der Waals surface area contributed by atoms with Crippen molar-refractivity contribution in [2.75, 3.05) is 25.2 Å². The summed E-state index contributed by atoms with van der Waals surface area (Å²) in [4.78, 5) is 2.28. The number of hydrogen-bond acceptors (Lipinski definition) is 3. The molecule has 0 aromatic heterocycles. The van der Waals surface area contributed by atoms with Gasteiger partial charge in [0.05, 0.1) is 6.10 Å². The molecule has 1 fully saturated rings. The smallest absolute Gasteiger partial charge is 0.0781 e. The van der Waals surface area contributed by atoms with Crippen molar-refractivity contribution in [2.24, 2.45) is 0 Å². The minimum absolute atomic E-state index is 0.423. The minimum Gasteiger partial charge on any atom is -0.389 e. The molecule has 1 aromatic carbocycles. The quantitative estimate of drug-likeness (QED) is 0.873. The molecule has 1 N–H and O–H groups in total. The number of anilines is 1. The zero-order valence-corrected chi connectivity index (χ0v) is 10.6. The van der Waals surface area contributed by atoms with Crippen LogP contribution in [0.3, 0.4) is 0 Å². The number of ether oxygens (including phenoxy) is 1. The Bertz CT molecular complexity index is 359. The average molecular weight is 235 g/mol. The SMILES string of the molecule is C[C@@H](O)c1ccccc1N(C)C1CCOCC1. The van der Waals surface area contributed by atoms with Crippen LogP contribution in [0.4, 0.5) is 5.69 Å². The summed E-state index contributed by atoms with van der Waals surface area (Å²) >= 11 is 0. The number of aliphatic hydroxyl groups excluding tert-OH is 1. The third-order valence-electron chi connectivity index (χ3n) is 3.51. The summed E-state index contributed by atoms with van der Waals surface area (Å²) in [5.41, 5.74) is 2.14. The maximum Gasteiger partial charge on any atom is 0.0781 e. The molecule has 1 aromatic rings. The Balaban J connectivity index is 2.20. The number of rotatable bonds is 3. The Morgan fingerprint density at radius 3 is 2.59 bits per heavy atom. The Kier molecular flexibility index (Phi) is 4.02. The van der Waals surface area contributed by atoms with Crippen LogP contribution in [0.5, 0.6) is 0 Å². The van der Waals surface area contributed by atoms with Crippen molar-refractivity contribution >= 4 is 5.69 Å². The third-order valence-corrected chi connectivity index (χ3v) is 3.51. The minimum atomic E-state index is -0.423. The molecule has 1 atom stereocenters. The number of hydrogen-bond donors (Lipinski definition) is 1.